The van der Waals surface area contributed by atoms with Crippen molar-refractivity contribution >= 4 is 28.5 Å². The second-order valence-electron chi connectivity index (χ2n) is 6.63. The van der Waals surface area contributed by atoms with Gasteiger partial charge in [-0.3, -0.25) is 0 Å². The van der Waals surface area contributed by atoms with Gasteiger partial charge >= 0.3 is 5.97 Å². The molecule has 0 amide bonds. The van der Waals surface area contributed by atoms with Crippen molar-refractivity contribution in [3.8, 4) is 11.5 Å². The Morgan fingerprint density at radius 1 is 1.11 bits per heavy atom. The average Bonchev–Trinajstić information content (AvgIpc) is 2.94. The molecule has 0 radical (unpaired) electrons. The molecule has 0 fully saturated rings. The summed E-state index contributed by atoms with van der Waals surface area (Å²) >= 11 is 6.43. The first-order valence-corrected chi connectivity index (χ1v) is 9.14. The van der Waals surface area contributed by atoms with Gasteiger partial charge in [-0.1, -0.05) is 23.7 Å². The second kappa shape index (κ2) is 8.03. The fourth-order valence-electron chi connectivity index (χ4n) is 2.99. The van der Waals surface area contributed by atoms with Crippen LogP contribution in [-0.4, -0.2) is 36.1 Å². The second-order valence-corrected chi connectivity index (χ2v) is 7.04. The van der Waals surface area contributed by atoms with Crippen LogP contribution < -0.4 is 4.74 Å². The molecule has 0 aliphatic heterocycles. The van der Waals surface area contributed by atoms with Gasteiger partial charge in [0, 0.05) is 31.1 Å². The van der Waals surface area contributed by atoms with Crippen LogP contribution >= 0.6 is 11.6 Å². The Hall–Kier alpha value is -2.50. The van der Waals surface area contributed by atoms with Crippen molar-refractivity contribution in [1.82, 2.24) is 9.47 Å². The Morgan fingerprint density at radius 3 is 2.44 bits per heavy atom. The summed E-state index contributed by atoms with van der Waals surface area (Å²) in [7, 11) is 5.88. The summed E-state index contributed by atoms with van der Waals surface area (Å²) in [5.41, 5.74) is 2.48. The molecule has 0 aliphatic carbocycles. The monoisotopic (exact) mass is 386 g/mol. The maximum Gasteiger partial charge on any atom is 0.354 e. The molecular formula is C21H23ClN2O3. The number of aromatic nitrogens is 1. The SMILES string of the molecule is CCOC(=O)c1cc2c(Cl)cc(Oc3ccc(CN(C)C)cc3)cc2n1C. The highest BCUT2D eigenvalue weighted by Crippen LogP contribution is 2.33. The maximum absolute atomic E-state index is 12.1. The van der Waals surface area contributed by atoms with Crippen LogP contribution in [0.3, 0.4) is 0 Å². The summed E-state index contributed by atoms with van der Waals surface area (Å²) < 4.78 is 12.8. The van der Waals surface area contributed by atoms with Crippen LogP contribution in [0.5, 0.6) is 11.5 Å². The van der Waals surface area contributed by atoms with Crippen LogP contribution in [0, 0.1) is 0 Å². The van der Waals surface area contributed by atoms with Gasteiger partial charge in [-0.15, -0.1) is 0 Å². The summed E-state index contributed by atoms with van der Waals surface area (Å²) in [6.07, 6.45) is 0. The predicted molar refractivity (Wildman–Crippen MR) is 108 cm³/mol. The number of carbonyl (C=O) groups is 1. The van der Waals surface area contributed by atoms with E-state index in [1.54, 1.807) is 23.6 Å². The molecule has 0 N–H and O–H groups in total. The molecule has 1 heterocycles. The van der Waals surface area contributed by atoms with Crippen molar-refractivity contribution in [1.29, 1.82) is 0 Å². The van der Waals surface area contributed by atoms with Gasteiger partial charge < -0.3 is 18.9 Å². The average molecular weight is 387 g/mol. The number of halogens is 1. The van der Waals surface area contributed by atoms with Crippen molar-refractivity contribution in [2.75, 3.05) is 20.7 Å². The third kappa shape index (κ3) is 4.26. The van der Waals surface area contributed by atoms with E-state index in [4.69, 9.17) is 21.1 Å². The molecule has 5 nitrogen and oxygen atoms in total. The lowest BCUT2D eigenvalue weighted by Crippen LogP contribution is -2.10. The van der Waals surface area contributed by atoms with Gasteiger partial charge in [-0.25, -0.2) is 4.79 Å². The molecule has 27 heavy (non-hydrogen) atoms. The van der Waals surface area contributed by atoms with Crippen LogP contribution in [0.1, 0.15) is 23.0 Å². The Kier molecular flexibility index (Phi) is 5.73. The number of rotatable bonds is 6. The summed E-state index contributed by atoms with van der Waals surface area (Å²) in [4.78, 5) is 14.2. The lowest BCUT2D eigenvalue weighted by atomic mass is 10.2. The minimum Gasteiger partial charge on any atom is -0.461 e. The summed E-state index contributed by atoms with van der Waals surface area (Å²) in [6, 6.07) is 13.3. The molecular weight excluding hydrogens is 364 g/mol. The van der Waals surface area contributed by atoms with Crippen molar-refractivity contribution < 1.29 is 14.3 Å². The van der Waals surface area contributed by atoms with Crippen molar-refractivity contribution in [3.05, 3.63) is 58.7 Å². The van der Waals surface area contributed by atoms with E-state index in [1.807, 2.05) is 51.5 Å². The van der Waals surface area contributed by atoms with Gasteiger partial charge in [0.05, 0.1) is 17.1 Å². The number of esters is 1. The molecule has 1 aromatic heterocycles. The molecule has 6 heteroatoms. The van der Waals surface area contributed by atoms with E-state index in [0.717, 1.165) is 23.2 Å². The van der Waals surface area contributed by atoms with Crippen LogP contribution in [0.4, 0.5) is 0 Å². The number of benzene rings is 2. The first-order valence-electron chi connectivity index (χ1n) is 8.76. The summed E-state index contributed by atoms with van der Waals surface area (Å²) in [5.74, 6) is 0.975. The maximum atomic E-state index is 12.1. The zero-order valence-electron chi connectivity index (χ0n) is 16.0. The van der Waals surface area contributed by atoms with Crippen LogP contribution in [0.2, 0.25) is 5.02 Å². The number of carbonyl (C=O) groups excluding carboxylic acids is 1. The van der Waals surface area contributed by atoms with E-state index in [0.29, 0.717) is 23.1 Å². The van der Waals surface area contributed by atoms with Gasteiger partial charge in [0.1, 0.15) is 17.2 Å². The number of fused-ring (bicyclic) bond motifs is 1. The van der Waals surface area contributed by atoms with Gasteiger partial charge in [0.2, 0.25) is 0 Å². The zero-order valence-corrected chi connectivity index (χ0v) is 16.7. The number of hydrogen-bond acceptors (Lipinski definition) is 4. The fourth-order valence-corrected chi connectivity index (χ4v) is 3.25. The molecule has 0 unspecified atom stereocenters. The standard InChI is InChI=1S/C21H23ClN2O3/c1-5-26-21(25)20-12-17-18(22)10-16(11-19(17)24(20)4)27-15-8-6-14(7-9-15)13-23(2)3/h6-12H,5,13H2,1-4H3. The molecule has 142 valence electrons. The summed E-state index contributed by atoms with van der Waals surface area (Å²) in [6.45, 7) is 2.98. The minimum atomic E-state index is -0.369. The number of aryl methyl sites for hydroxylation is 1. The highest BCUT2D eigenvalue weighted by Gasteiger charge is 2.17. The predicted octanol–water partition coefficient (Wildman–Crippen LogP) is 4.86. The Bertz CT molecular complexity index is 962. The van der Waals surface area contributed by atoms with Crippen molar-refractivity contribution in [3.63, 3.8) is 0 Å². The highest BCUT2D eigenvalue weighted by molar-refractivity contribution is 6.35. The fraction of sp³-hybridized carbons (Fsp3) is 0.286. The molecule has 0 bridgehead atoms. The largest absolute Gasteiger partial charge is 0.461 e. The third-order valence-electron chi connectivity index (χ3n) is 4.23. The highest BCUT2D eigenvalue weighted by atomic mass is 35.5. The van der Waals surface area contributed by atoms with E-state index in [9.17, 15) is 4.79 Å². The first-order chi connectivity index (χ1) is 12.9. The molecule has 0 saturated heterocycles. The zero-order chi connectivity index (χ0) is 19.6. The Labute approximate surface area is 164 Å². The first kappa shape index (κ1) is 19.3. The van der Waals surface area contributed by atoms with Crippen molar-refractivity contribution in [2.45, 2.75) is 13.5 Å². The molecule has 0 atom stereocenters. The quantitative estimate of drug-likeness (QED) is 0.567. The minimum absolute atomic E-state index is 0.326. The third-order valence-corrected chi connectivity index (χ3v) is 4.54. The van der Waals surface area contributed by atoms with Gasteiger partial charge in [0.15, 0.2) is 0 Å². The smallest absolute Gasteiger partial charge is 0.354 e. The number of ether oxygens (including phenoxy) is 2. The molecule has 3 aromatic rings. The Morgan fingerprint density at radius 2 is 1.81 bits per heavy atom. The summed E-state index contributed by atoms with van der Waals surface area (Å²) in [5, 5.41) is 1.31. The van der Waals surface area contributed by atoms with E-state index in [1.165, 1.54) is 5.56 Å². The van der Waals surface area contributed by atoms with E-state index >= 15 is 0 Å². The molecule has 0 aliphatic rings. The lowest BCUT2D eigenvalue weighted by Gasteiger charge is -2.11. The number of hydrogen-bond donors (Lipinski definition) is 0. The van der Waals surface area contributed by atoms with Crippen LogP contribution in [0.15, 0.2) is 42.5 Å². The number of nitrogens with zero attached hydrogens (tertiary/aromatic N) is 2. The Balaban J connectivity index is 1.89. The van der Waals surface area contributed by atoms with Crippen LogP contribution in [0.25, 0.3) is 10.9 Å². The van der Waals surface area contributed by atoms with Gasteiger partial charge in [-0.05, 0) is 44.8 Å². The molecule has 0 saturated carbocycles. The molecule has 2 aromatic carbocycles. The topological polar surface area (TPSA) is 43.7 Å². The molecule has 0 spiro atoms. The van der Waals surface area contributed by atoms with Crippen molar-refractivity contribution in [2.24, 2.45) is 7.05 Å². The lowest BCUT2D eigenvalue weighted by molar-refractivity contribution is 0.0516. The van der Waals surface area contributed by atoms with Gasteiger partial charge in [-0.2, -0.15) is 0 Å². The van der Waals surface area contributed by atoms with Gasteiger partial charge in [0.25, 0.3) is 0 Å². The molecule has 3 rings (SSSR count). The van der Waals surface area contributed by atoms with E-state index < -0.39 is 0 Å². The normalized spacial score (nSPS) is 11.2. The van der Waals surface area contributed by atoms with E-state index in [-0.39, 0.29) is 5.97 Å². The van der Waals surface area contributed by atoms with E-state index in [2.05, 4.69) is 4.90 Å². The van der Waals surface area contributed by atoms with Crippen LogP contribution in [-0.2, 0) is 18.3 Å².